The van der Waals surface area contributed by atoms with E-state index in [4.69, 9.17) is 0 Å². The fraction of sp³-hybridized carbons (Fsp3) is 0.615. The van der Waals surface area contributed by atoms with Gasteiger partial charge in [-0.2, -0.15) is 0 Å². The Morgan fingerprint density at radius 2 is 2.06 bits per heavy atom. The van der Waals surface area contributed by atoms with E-state index >= 15 is 0 Å². The molecule has 0 aromatic carbocycles. The number of hydrogen-bond donors (Lipinski definition) is 0. The van der Waals surface area contributed by atoms with Crippen LogP contribution in [0.4, 0.5) is 0 Å². The third-order valence-corrected chi connectivity index (χ3v) is 4.57. The second-order valence-electron chi connectivity index (χ2n) is 4.98. The van der Waals surface area contributed by atoms with Crippen molar-refractivity contribution in [1.82, 2.24) is 9.88 Å². The Bertz CT molecular complexity index is 322. The van der Waals surface area contributed by atoms with Gasteiger partial charge in [-0.25, -0.2) is 0 Å². The second kappa shape index (κ2) is 5.28. The summed E-state index contributed by atoms with van der Waals surface area (Å²) < 4.78 is 0. The summed E-state index contributed by atoms with van der Waals surface area (Å²) in [6.45, 7) is 2.36. The van der Waals surface area contributed by atoms with E-state index in [-0.39, 0.29) is 0 Å². The number of nitrogens with zero attached hydrogens (tertiary/aromatic N) is 2. The first kappa shape index (κ1) is 12.1. The molecule has 0 aliphatic heterocycles. The molecule has 2 nitrogen and oxygen atoms in total. The summed E-state index contributed by atoms with van der Waals surface area (Å²) in [5.74, 6) is 0. The van der Waals surface area contributed by atoms with Crippen LogP contribution in [0.3, 0.4) is 0 Å². The lowest BCUT2D eigenvalue weighted by Gasteiger charge is -2.22. The van der Waals surface area contributed by atoms with E-state index in [0.29, 0.717) is 5.41 Å². The van der Waals surface area contributed by atoms with E-state index in [2.05, 4.69) is 45.0 Å². The van der Waals surface area contributed by atoms with Gasteiger partial charge in [0.1, 0.15) is 0 Å². The summed E-state index contributed by atoms with van der Waals surface area (Å²) in [5, 5.41) is 1.15. The Hall–Kier alpha value is -0.410. The smallest absolute Gasteiger partial charge is 0.0270 e. The number of hydrogen-bond acceptors (Lipinski definition) is 2. The van der Waals surface area contributed by atoms with Gasteiger partial charge in [0.05, 0.1) is 0 Å². The summed E-state index contributed by atoms with van der Waals surface area (Å²) in [6.07, 6.45) is 7.64. The molecule has 0 amide bonds. The van der Waals surface area contributed by atoms with Gasteiger partial charge < -0.3 is 4.90 Å². The van der Waals surface area contributed by atoms with Crippen molar-refractivity contribution in [2.75, 3.05) is 25.5 Å². The fourth-order valence-corrected chi connectivity index (χ4v) is 2.77. The van der Waals surface area contributed by atoms with Crippen molar-refractivity contribution < 1.29 is 0 Å². The Kier molecular flexibility index (Phi) is 3.98. The number of rotatable bonds is 6. The molecule has 16 heavy (non-hydrogen) atoms. The third-order valence-electron chi connectivity index (χ3n) is 3.38. The average molecular weight is 283 g/mol. The molecule has 2 rings (SSSR count). The van der Waals surface area contributed by atoms with Crippen LogP contribution in [0, 0.1) is 5.41 Å². The molecule has 1 fully saturated rings. The number of alkyl halides is 1. The van der Waals surface area contributed by atoms with E-state index in [1.54, 1.807) is 0 Å². The Labute approximate surface area is 106 Å². The Morgan fingerprint density at radius 1 is 1.38 bits per heavy atom. The maximum Gasteiger partial charge on any atom is 0.0270 e. The number of likely N-dealkylation sites (N-methyl/N-ethyl adjacent to an activating group) is 1. The predicted molar refractivity (Wildman–Crippen MR) is 70.9 cm³/mol. The van der Waals surface area contributed by atoms with Crippen LogP contribution < -0.4 is 0 Å². The largest absolute Gasteiger partial charge is 0.305 e. The van der Waals surface area contributed by atoms with E-state index in [9.17, 15) is 0 Å². The molecular formula is C13H19BrN2. The lowest BCUT2D eigenvalue weighted by atomic mass is 10.1. The summed E-state index contributed by atoms with van der Waals surface area (Å²) in [5.41, 5.74) is 1.97. The molecule has 0 spiro atoms. The van der Waals surface area contributed by atoms with Crippen LogP contribution in [0.25, 0.3) is 0 Å². The highest BCUT2D eigenvalue weighted by Crippen LogP contribution is 2.47. The minimum absolute atomic E-state index is 0.590. The lowest BCUT2D eigenvalue weighted by molar-refractivity contribution is 0.281. The molecule has 3 heteroatoms. The normalized spacial score (nSPS) is 17.7. The third kappa shape index (κ3) is 3.29. The predicted octanol–water partition coefficient (Wildman–Crippen LogP) is 2.73. The van der Waals surface area contributed by atoms with Crippen LogP contribution in [0.2, 0.25) is 0 Å². The monoisotopic (exact) mass is 282 g/mol. The average Bonchev–Trinajstić information content (AvgIpc) is 3.08. The fourth-order valence-electron chi connectivity index (χ4n) is 2.03. The molecule has 1 saturated carbocycles. The van der Waals surface area contributed by atoms with E-state index in [1.165, 1.54) is 24.9 Å². The topological polar surface area (TPSA) is 16.1 Å². The van der Waals surface area contributed by atoms with Crippen molar-refractivity contribution in [3.8, 4) is 0 Å². The van der Waals surface area contributed by atoms with Crippen LogP contribution in [0.1, 0.15) is 18.4 Å². The zero-order chi connectivity index (χ0) is 11.4. The molecule has 0 saturated heterocycles. The molecule has 1 aromatic rings. The maximum absolute atomic E-state index is 4.04. The van der Waals surface area contributed by atoms with Crippen molar-refractivity contribution >= 4 is 15.9 Å². The Morgan fingerprint density at radius 3 is 2.62 bits per heavy atom. The van der Waals surface area contributed by atoms with Gasteiger partial charge in [0.2, 0.25) is 0 Å². The van der Waals surface area contributed by atoms with E-state index < -0.39 is 0 Å². The molecule has 1 heterocycles. The summed E-state index contributed by atoms with van der Waals surface area (Å²) >= 11 is 3.62. The molecule has 1 aliphatic rings. The lowest BCUT2D eigenvalue weighted by Crippen LogP contribution is -2.29. The zero-order valence-electron chi connectivity index (χ0n) is 9.82. The van der Waals surface area contributed by atoms with Gasteiger partial charge in [-0.1, -0.05) is 15.9 Å². The molecule has 1 aliphatic carbocycles. The van der Waals surface area contributed by atoms with Crippen LogP contribution >= 0.6 is 15.9 Å². The molecule has 0 N–H and O–H groups in total. The number of halogens is 1. The van der Waals surface area contributed by atoms with Crippen molar-refractivity contribution in [2.24, 2.45) is 5.41 Å². The summed E-state index contributed by atoms with van der Waals surface area (Å²) in [7, 11) is 2.23. The molecule has 0 bridgehead atoms. The maximum atomic E-state index is 4.04. The first-order valence-electron chi connectivity index (χ1n) is 5.88. The summed E-state index contributed by atoms with van der Waals surface area (Å²) in [4.78, 5) is 6.49. The van der Waals surface area contributed by atoms with Crippen molar-refractivity contribution in [3.63, 3.8) is 0 Å². The molecule has 0 unspecified atom stereocenters. The van der Waals surface area contributed by atoms with Gasteiger partial charge in [-0.15, -0.1) is 0 Å². The Balaban J connectivity index is 1.74. The first-order valence-corrected chi connectivity index (χ1v) is 7.00. The highest BCUT2D eigenvalue weighted by Gasteiger charge is 2.41. The molecular weight excluding hydrogens is 264 g/mol. The van der Waals surface area contributed by atoms with Gasteiger partial charge in [0.25, 0.3) is 0 Å². The highest BCUT2D eigenvalue weighted by atomic mass is 79.9. The molecule has 1 aromatic heterocycles. The molecule has 0 atom stereocenters. The quantitative estimate of drug-likeness (QED) is 0.746. The molecule has 0 radical (unpaired) electrons. The van der Waals surface area contributed by atoms with E-state index in [0.717, 1.165) is 18.3 Å². The SMILES string of the molecule is CN(CCc1ccncc1)CC1(CBr)CC1. The number of aromatic nitrogens is 1. The van der Waals surface area contributed by atoms with Crippen LogP contribution in [0.15, 0.2) is 24.5 Å². The minimum Gasteiger partial charge on any atom is -0.305 e. The van der Waals surface area contributed by atoms with Gasteiger partial charge >= 0.3 is 0 Å². The van der Waals surface area contributed by atoms with Crippen LogP contribution in [0.5, 0.6) is 0 Å². The van der Waals surface area contributed by atoms with Crippen molar-refractivity contribution in [3.05, 3.63) is 30.1 Å². The van der Waals surface area contributed by atoms with Gasteiger partial charge in [-0.05, 0) is 49.4 Å². The molecule has 88 valence electrons. The van der Waals surface area contributed by atoms with Gasteiger partial charge in [0.15, 0.2) is 0 Å². The first-order chi connectivity index (χ1) is 7.74. The zero-order valence-corrected chi connectivity index (χ0v) is 11.4. The van der Waals surface area contributed by atoms with Gasteiger partial charge in [-0.3, -0.25) is 4.98 Å². The number of pyridine rings is 1. The van der Waals surface area contributed by atoms with Crippen molar-refractivity contribution in [2.45, 2.75) is 19.3 Å². The minimum atomic E-state index is 0.590. The highest BCUT2D eigenvalue weighted by molar-refractivity contribution is 9.09. The van der Waals surface area contributed by atoms with Gasteiger partial charge in [0, 0.05) is 30.8 Å². The van der Waals surface area contributed by atoms with E-state index in [1.807, 2.05) is 12.4 Å². The van der Waals surface area contributed by atoms with Crippen LogP contribution in [-0.4, -0.2) is 35.4 Å². The van der Waals surface area contributed by atoms with Crippen LogP contribution in [-0.2, 0) is 6.42 Å². The van der Waals surface area contributed by atoms with Crippen molar-refractivity contribution in [1.29, 1.82) is 0 Å². The summed E-state index contributed by atoms with van der Waals surface area (Å²) in [6, 6.07) is 4.20. The standard InChI is InChI=1S/C13H19BrN2/c1-16(11-13(10-14)5-6-13)9-4-12-2-7-15-8-3-12/h2-3,7-8H,4-6,9-11H2,1H3. The second-order valence-corrected chi connectivity index (χ2v) is 5.54.